The number of nitrogens with zero attached hydrogens (tertiary/aromatic N) is 8. The van der Waals surface area contributed by atoms with Crippen LogP contribution in [-0.2, 0) is 10.8 Å². The summed E-state index contributed by atoms with van der Waals surface area (Å²) < 4.78 is 4.80. The quantitative estimate of drug-likeness (QED) is 0.121. The van der Waals surface area contributed by atoms with Crippen LogP contribution in [0.25, 0.3) is 145 Å². The van der Waals surface area contributed by atoms with Gasteiger partial charge in [-0.1, -0.05) is 322 Å². The van der Waals surface area contributed by atoms with Crippen LogP contribution in [0.2, 0.25) is 0 Å². The van der Waals surface area contributed by atoms with Gasteiger partial charge in [0, 0.05) is 66.3 Å². The Balaban J connectivity index is 0.000000143. The summed E-state index contributed by atoms with van der Waals surface area (Å²) in [4.78, 5) is 25.2. The Labute approximate surface area is 659 Å². The highest BCUT2D eigenvalue weighted by atomic mass is 15.0. The molecule has 0 unspecified atom stereocenters. The molecule has 0 aliphatic heterocycles. The van der Waals surface area contributed by atoms with Gasteiger partial charge in [0.1, 0.15) is 0 Å². The number of hydrogen-bond donors (Lipinski definition) is 0. The van der Waals surface area contributed by atoms with Gasteiger partial charge in [-0.15, -0.1) is 0 Å². The smallest absolute Gasteiger partial charge is 0.164 e. The molecule has 22 rings (SSSR count). The van der Waals surface area contributed by atoms with Crippen LogP contribution < -0.4 is 0 Å². The van der Waals surface area contributed by atoms with E-state index in [4.69, 9.17) is 24.9 Å². The number of nitriles is 1. The molecule has 0 atom stereocenters. The Morgan fingerprint density at radius 1 is 0.219 bits per heavy atom. The first kappa shape index (κ1) is 66.9. The number of aromatic nitrogens is 7. The van der Waals surface area contributed by atoms with E-state index in [1.54, 1.807) is 0 Å². The van der Waals surface area contributed by atoms with Gasteiger partial charge in [0.2, 0.25) is 0 Å². The maximum Gasteiger partial charge on any atom is 0.164 e. The van der Waals surface area contributed by atoms with Crippen molar-refractivity contribution in [2.24, 2.45) is 0 Å². The zero-order valence-electron chi connectivity index (χ0n) is 61.8. The van der Waals surface area contributed by atoms with Crippen molar-refractivity contribution in [2.45, 2.75) is 10.8 Å². The van der Waals surface area contributed by atoms with Crippen LogP contribution in [0, 0.1) is 11.3 Å². The summed E-state index contributed by atoms with van der Waals surface area (Å²) in [5.74, 6) is 2.55. The molecular formula is C106H68N8. The second-order valence-electron chi connectivity index (χ2n) is 29.2. The SMILES string of the molecule is N#Cc1cccc(-c2cc(-c3ccccc3)nc(-c3cccc(-n4c5ccccc5c5cc6c(cc54)C(c4ccccc4)(c4ccccc4)c4ccccc4-6)c3)n2)c1.c1ccc(-c2nc(-c3ccccc3)nc(-c3ccc(-n4c5ccccc5c5cc6c(cc54)-c4ccccc4C6(c4ccccc4)c4ccccc4)cc3)n2)cc1. The second kappa shape index (κ2) is 27.7. The fourth-order valence-electron chi connectivity index (χ4n) is 18.1. The summed E-state index contributed by atoms with van der Waals surface area (Å²) >= 11 is 0. The molecule has 8 nitrogen and oxygen atoms in total. The third-order valence-electron chi connectivity index (χ3n) is 23.0. The lowest BCUT2D eigenvalue weighted by Gasteiger charge is -2.34. The summed E-state index contributed by atoms with van der Waals surface area (Å²) in [5, 5.41) is 14.5. The van der Waals surface area contributed by atoms with E-state index in [0.29, 0.717) is 28.9 Å². The van der Waals surface area contributed by atoms with Crippen LogP contribution in [-0.4, -0.2) is 34.1 Å². The first-order chi connectivity index (χ1) is 56.5. The maximum absolute atomic E-state index is 9.70. The maximum atomic E-state index is 9.70. The second-order valence-corrected chi connectivity index (χ2v) is 29.2. The van der Waals surface area contributed by atoms with Crippen molar-refractivity contribution >= 4 is 43.6 Å². The Morgan fingerprint density at radius 2 is 0.596 bits per heavy atom. The number of rotatable bonds is 12. The highest BCUT2D eigenvalue weighted by Gasteiger charge is 2.48. The summed E-state index contributed by atoms with van der Waals surface area (Å²) in [5.41, 5.74) is 28.7. The molecule has 0 N–H and O–H groups in total. The van der Waals surface area contributed by atoms with E-state index in [-0.39, 0.29) is 0 Å². The lowest BCUT2D eigenvalue weighted by Crippen LogP contribution is -2.28. The standard InChI is InChI=1S/C54H34N4.C52H34N4/c55-35-36-16-14-19-38(30-36)50-34-49(37-17-4-1-5-18-37)56-53(57-50)39-20-15-25-42(31-39)58-51-29-13-11-27-44(51)46-32-45-43-26-10-12-28-47(43)54(48(45)33-52(46)58,40-21-6-2-7-22-40)41-23-8-3-9-24-41;1-5-17-35(18-6-1)49-53-50(36-19-7-2-8-20-36)55-51(54-49)37-29-31-40(32-30-37)56-47-28-16-14-26-42(47)44-33-46-43(34-48(44)56)41-25-13-15-27-45(41)52(46,38-21-9-3-10-22-38)39-23-11-4-12-24-39/h1-34H;1-34H. The summed E-state index contributed by atoms with van der Waals surface area (Å²) in [7, 11) is 0. The minimum atomic E-state index is -0.517. The molecule has 2 aliphatic carbocycles. The zero-order valence-corrected chi connectivity index (χ0v) is 61.8. The Kier molecular flexibility index (Phi) is 16.2. The molecule has 532 valence electrons. The van der Waals surface area contributed by atoms with Crippen molar-refractivity contribution in [1.82, 2.24) is 34.1 Å². The number of benzene rings is 16. The van der Waals surface area contributed by atoms with Crippen molar-refractivity contribution in [2.75, 3.05) is 0 Å². The first-order valence-electron chi connectivity index (χ1n) is 38.6. The molecule has 0 saturated heterocycles. The molecule has 0 radical (unpaired) electrons. The topological polar surface area (TPSA) is 98.1 Å². The minimum absolute atomic E-state index is 0.463. The van der Waals surface area contributed by atoms with Crippen LogP contribution in [0.3, 0.4) is 0 Å². The molecule has 4 heterocycles. The van der Waals surface area contributed by atoms with Gasteiger partial charge < -0.3 is 9.13 Å². The molecule has 0 fully saturated rings. The van der Waals surface area contributed by atoms with Crippen LogP contribution in [0.4, 0.5) is 0 Å². The average molecular weight is 1450 g/mol. The highest BCUT2D eigenvalue weighted by molar-refractivity contribution is 6.13. The van der Waals surface area contributed by atoms with E-state index < -0.39 is 10.8 Å². The predicted octanol–water partition coefficient (Wildman–Crippen LogP) is 25.1. The molecule has 8 heteroatoms. The molecular weight excluding hydrogens is 1390 g/mol. The summed E-state index contributed by atoms with van der Waals surface area (Å²) in [6.45, 7) is 0. The largest absolute Gasteiger partial charge is 0.309 e. The normalized spacial score (nSPS) is 12.7. The van der Waals surface area contributed by atoms with E-state index in [9.17, 15) is 5.26 Å². The van der Waals surface area contributed by atoms with E-state index in [2.05, 4.69) is 319 Å². The van der Waals surface area contributed by atoms with E-state index in [1.807, 2.05) is 109 Å². The van der Waals surface area contributed by atoms with Crippen molar-refractivity contribution < 1.29 is 0 Å². The van der Waals surface area contributed by atoms with E-state index in [0.717, 1.165) is 72.7 Å². The first-order valence-corrected chi connectivity index (χ1v) is 38.6. The molecule has 20 aromatic rings. The molecule has 2 aliphatic rings. The molecule has 0 spiro atoms. The molecule has 0 saturated carbocycles. The Bertz CT molecular complexity index is 7000. The van der Waals surface area contributed by atoms with Crippen molar-refractivity contribution in [3.8, 4) is 108 Å². The van der Waals surface area contributed by atoms with Crippen molar-refractivity contribution in [3.63, 3.8) is 0 Å². The van der Waals surface area contributed by atoms with Gasteiger partial charge in [-0.25, -0.2) is 24.9 Å². The third-order valence-corrected chi connectivity index (χ3v) is 23.0. The highest BCUT2D eigenvalue weighted by Crippen LogP contribution is 2.60. The molecule has 4 aromatic heterocycles. The monoisotopic (exact) mass is 1450 g/mol. The van der Waals surface area contributed by atoms with E-state index >= 15 is 0 Å². The molecule has 16 aromatic carbocycles. The predicted molar refractivity (Wildman–Crippen MR) is 462 cm³/mol. The van der Waals surface area contributed by atoms with Crippen molar-refractivity contribution in [1.29, 1.82) is 5.26 Å². The van der Waals surface area contributed by atoms with Gasteiger partial charge in [-0.3, -0.25) is 0 Å². The van der Waals surface area contributed by atoms with Gasteiger partial charge in [-0.2, -0.15) is 5.26 Å². The number of para-hydroxylation sites is 2. The van der Waals surface area contributed by atoms with E-state index in [1.165, 1.54) is 93.8 Å². The molecule has 0 amide bonds. The van der Waals surface area contributed by atoms with Crippen LogP contribution in [0.5, 0.6) is 0 Å². The van der Waals surface area contributed by atoms with Crippen LogP contribution in [0.15, 0.2) is 413 Å². The number of fused-ring (bicyclic) bond motifs is 12. The Morgan fingerprint density at radius 3 is 1.11 bits per heavy atom. The number of hydrogen-bond acceptors (Lipinski definition) is 6. The summed E-state index contributed by atoms with van der Waals surface area (Å²) in [6, 6.07) is 149. The fraction of sp³-hybridized carbons (Fsp3) is 0.0189. The minimum Gasteiger partial charge on any atom is -0.309 e. The molecule has 0 bridgehead atoms. The van der Waals surface area contributed by atoms with Crippen LogP contribution >= 0.6 is 0 Å². The van der Waals surface area contributed by atoms with Gasteiger partial charge in [-0.05, 0) is 158 Å². The average Bonchev–Trinajstić information content (AvgIpc) is 1.53. The van der Waals surface area contributed by atoms with Gasteiger partial charge in [0.25, 0.3) is 0 Å². The Hall–Kier alpha value is -15.3. The lowest BCUT2D eigenvalue weighted by atomic mass is 9.67. The lowest BCUT2D eigenvalue weighted by molar-refractivity contribution is 0.769. The summed E-state index contributed by atoms with van der Waals surface area (Å²) in [6.07, 6.45) is 0. The fourth-order valence-corrected chi connectivity index (χ4v) is 18.1. The van der Waals surface area contributed by atoms with Crippen LogP contribution in [0.1, 0.15) is 50.1 Å². The van der Waals surface area contributed by atoms with Crippen molar-refractivity contribution in [3.05, 3.63) is 463 Å². The molecule has 114 heavy (non-hydrogen) atoms. The zero-order chi connectivity index (χ0) is 75.7. The van der Waals surface area contributed by atoms with Gasteiger partial charge in [0.05, 0.1) is 55.9 Å². The van der Waals surface area contributed by atoms with Gasteiger partial charge >= 0.3 is 0 Å². The van der Waals surface area contributed by atoms with Gasteiger partial charge in [0.15, 0.2) is 23.3 Å². The third kappa shape index (κ3) is 10.9.